The normalized spacial score (nSPS) is 34.4. The van der Waals surface area contributed by atoms with Crippen LogP contribution < -0.4 is 0 Å². The SMILES string of the molecule is CCOC(=O)C1=C2C=C3C(=O)C[C@H](C(C)C)[C@@]3(C)CC[C@]2(C)CCC1=O. The second kappa shape index (κ2) is 6.47. The van der Waals surface area contributed by atoms with E-state index in [4.69, 9.17) is 4.74 Å². The van der Waals surface area contributed by atoms with Crippen molar-refractivity contribution < 1.29 is 19.1 Å². The van der Waals surface area contributed by atoms with Gasteiger partial charge in [-0.3, -0.25) is 9.59 Å². The predicted molar refractivity (Wildman–Crippen MR) is 99.4 cm³/mol. The Hall–Kier alpha value is -1.71. The van der Waals surface area contributed by atoms with E-state index in [-0.39, 0.29) is 34.6 Å². The van der Waals surface area contributed by atoms with Gasteiger partial charge in [-0.2, -0.15) is 0 Å². The summed E-state index contributed by atoms with van der Waals surface area (Å²) in [5.74, 6) is 0.214. The van der Waals surface area contributed by atoms with Gasteiger partial charge in [0.05, 0.1) is 6.61 Å². The van der Waals surface area contributed by atoms with E-state index in [1.807, 2.05) is 6.08 Å². The van der Waals surface area contributed by atoms with Crippen molar-refractivity contribution in [2.75, 3.05) is 6.61 Å². The molecule has 3 aliphatic carbocycles. The first kappa shape index (κ1) is 19.1. The molecule has 1 fully saturated rings. The minimum atomic E-state index is -0.537. The van der Waals surface area contributed by atoms with E-state index in [2.05, 4.69) is 27.7 Å². The Balaban J connectivity index is 2.21. The molecule has 0 unspecified atom stereocenters. The van der Waals surface area contributed by atoms with Crippen LogP contribution >= 0.6 is 0 Å². The van der Waals surface area contributed by atoms with Crippen LogP contribution in [0.2, 0.25) is 0 Å². The van der Waals surface area contributed by atoms with E-state index in [0.717, 1.165) is 30.4 Å². The minimum absolute atomic E-state index is 0.151. The Labute approximate surface area is 156 Å². The van der Waals surface area contributed by atoms with Crippen molar-refractivity contribution >= 4 is 17.5 Å². The van der Waals surface area contributed by atoms with Crippen LogP contribution in [-0.2, 0) is 19.1 Å². The molecule has 0 amide bonds. The summed E-state index contributed by atoms with van der Waals surface area (Å²) in [4.78, 5) is 38.0. The number of rotatable bonds is 3. The van der Waals surface area contributed by atoms with Crippen molar-refractivity contribution in [3.63, 3.8) is 0 Å². The van der Waals surface area contributed by atoms with Crippen molar-refractivity contribution in [1.29, 1.82) is 0 Å². The molecule has 0 aromatic heterocycles. The third kappa shape index (κ3) is 2.78. The molecule has 3 rings (SSSR count). The van der Waals surface area contributed by atoms with Gasteiger partial charge in [0, 0.05) is 18.4 Å². The van der Waals surface area contributed by atoms with Crippen molar-refractivity contribution in [2.45, 2.75) is 66.7 Å². The van der Waals surface area contributed by atoms with Crippen LogP contribution in [0.4, 0.5) is 0 Å². The van der Waals surface area contributed by atoms with Crippen molar-refractivity contribution in [2.24, 2.45) is 22.7 Å². The van der Waals surface area contributed by atoms with Gasteiger partial charge in [-0.1, -0.05) is 33.8 Å². The quantitative estimate of drug-likeness (QED) is 0.561. The number of carbonyl (C=O) groups is 3. The van der Waals surface area contributed by atoms with E-state index < -0.39 is 5.97 Å². The Kier molecular flexibility index (Phi) is 4.74. The van der Waals surface area contributed by atoms with E-state index in [0.29, 0.717) is 24.7 Å². The van der Waals surface area contributed by atoms with Gasteiger partial charge in [-0.15, -0.1) is 0 Å². The zero-order valence-corrected chi connectivity index (χ0v) is 16.6. The van der Waals surface area contributed by atoms with Gasteiger partial charge in [-0.05, 0) is 54.4 Å². The summed E-state index contributed by atoms with van der Waals surface area (Å²) in [6.45, 7) is 10.7. The molecule has 1 saturated carbocycles. The third-order valence-electron chi connectivity index (χ3n) is 7.01. The molecule has 0 aromatic rings. The second-order valence-electron chi connectivity index (χ2n) is 8.95. The maximum absolute atomic E-state index is 12.9. The molecule has 0 spiro atoms. The lowest BCUT2D eigenvalue weighted by atomic mass is 9.66. The largest absolute Gasteiger partial charge is 0.462 e. The molecule has 0 heterocycles. The van der Waals surface area contributed by atoms with Gasteiger partial charge in [0.15, 0.2) is 11.6 Å². The van der Waals surface area contributed by atoms with Crippen LogP contribution in [0.15, 0.2) is 22.8 Å². The predicted octanol–water partition coefficient (Wildman–Crippen LogP) is 4.19. The summed E-state index contributed by atoms with van der Waals surface area (Å²) in [5.41, 5.74) is 1.30. The number of hydrogen-bond donors (Lipinski definition) is 0. The number of hydrogen-bond acceptors (Lipinski definition) is 4. The fourth-order valence-corrected chi connectivity index (χ4v) is 5.30. The monoisotopic (exact) mass is 358 g/mol. The lowest BCUT2D eigenvalue weighted by Crippen LogP contribution is -2.32. The minimum Gasteiger partial charge on any atom is -0.462 e. The Morgan fingerprint density at radius 1 is 1.19 bits per heavy atom. The van der Waals surface area contributed by atoms with Gasteiger partial charge in [0.1, 0.15) is 5.57 Å². The van der Waals surface area contributed by atoms with Crippen molar-refractivity contribution in [1.82, 2.24) is 0 Å². The number of allylic oxidation sites excluding steroid dienone is 3. The topological polar surface area (TPSA) is 60.4 Å². The molecule has 0 bridgehead atoms. The average Bonchev–Trinajstić information content (AvgIpc) is 2.74. The van der Waals surface area contributed by atoms with Gasteiger partial charge >= 0.3 is 5.97 Å². The molecular weight excluding hydrogens is 328 g/mol. The Morgan fingerprint density at radius 3 is 2.50 bits per heavy atom. The van der Waals surface area contributed by atoms with Gasteiger partial charge in [-0.25, -0.2) is 4.79 Å². The number of carbonyl (C=O) groups excluding carboxylic acids is 3. The lowest BCUT2D eigenvalue weighted by Gasteiger charge is -2.37. The maximum atomic E-state index is 12.9. The first-order valence-electron chi connectivity index (χ1n) is 9.84. The molecule has 3 atom stereocenters. The molecule has 0 N–H and O–H groups in total. The van der Waals surface area contributed by atoms with Crippen LogP contribution in [-0.4, -0.2) is 24.1 Å². The first-order valence-corrected chi connectivity index (χ1v) is 9.84. The molecule has 0 radical (unpaired) electrons. The second-order valence-corrected chi connectivity index (χ2v) is 8.95. The first-order chi connectivity index (χ1) is 12.1. The average molecular weight is 358 g/mol. The van der Waals surface area contributed by atoms with E-state index in [1.165, 1.54) is 0 Å². The summed E-state index contributed by atoms with van der Waals surface area (Å²) in [6, 6.07) is 0. The standard InChI is InChI=1S/C22H30O4/c1-6-26-20(25)19-16-11-15-18(24)12-14(13(2)3)22(15,5)10-9-21(16,4)8-7-17(19)23/h11,13-14H,6-10,12H2,1-5H3/t14-,21+,22-/m1/s1. The van der Waals surface area contributed by atoms with E-state index in [1.54, 1.807) is 6.92 Å². The number of ether oxygens (including phenoxy) is 1. The highest BCUT2D eigenvalue weighted by atomic mass is 16.5. The fraction of sp³-hybridized carbons (Fsp3) is 0.682. The maximum Gasteiger partial charge on any atom is 0.342 e. The zero-order chi connectivity index (χ0) is 19.3. The summed E-state index contributed by atoms with van der Waals surface area (Å²) < 4.78 is 5.18. The molecule has 0 aliphatic heterocycles. The molecule has 4 heteroatoms. The molecule has 4 nitrogen and oxygen atoms in total. The zero-order valence-electron chi connectivity index (χ0n) is 16.6. The van der Waals surface area contributed by atoms with Crippen LogP contribution in [0.3, 0.4) is 0 Å². The molecular formula is C22H30O4. The van der Waals surface area contributed by atoms with Crippen LogP contribution in [0.25, 0.3) is 0 Å². The van der Waals surface area contributed by atoms with Crippen molar-refractivity contribution in [3.8, 4) is 0 Å². The lowest BCUT2D eigenvalue weighted by molar-refractivity contribution is -0.140. The molecule has 3 aliphatic rings. The molecule has 0 saturated heterocycles. The number of fused-ring (bicyclic) bond motifs is 2. The van der Waals surface area contributed by atoms with Crippen molar-refractivity contribution in [3.05, 3.63) is 22.8 Å². The smallest absolute Gasteiger partial charge is 0.342 e. The molecule has 0 aromatic carbocycles. The summed E-state index contributed by atoms with van der Waals surface area (Å²) >= 11 is 0. The Bertz CT molecular complexity index is 726. The van der Waals surface area contributed by atoms with Crippen LogP contribution in [0.1, 0.15) is 66.7 Å². The van der Waals surface area contributed by atoms with E-state index >= 15 is 0 Å². The molecule has 142 valence electrons. The third-order valence-corrected chi connectivity index (χ3v) is 7.01. The van der Waals surface area contributed by atoms with Crippen LogP contribution in [0, 0.1) is 22.7 Å². The highest BCUT2D eigenvalue weighted by molar-refractivity contribution is 6.19. The number of Topliss-reactive ketones (excluding diaryl/α,β-unsaturated/α-hetero) is 2. The molecule has 26 heavy (non-hydrogen) atoms. The summed E-state index contributed by atoms with van der Waals surface area (Å²) in [7, 11) is 0. The number of esters is 1. The fourth-order valence-electron chi connectivity index (χ4n) is 5.30. The van der Waals surface area contributed by atoms with E-state index in [9.17, 15) is 14.4 Å². The highest BCUT2D eigenvalue weighted by Crippen LogP contribution is 2.58. The summed E-state index contributed by atoms with van der Waals surface area (Å²) in [6.07, 6.45) is 5.36. The summed E-state index contributed by atoms with van der Waals surface area (Å²) in [5, 5.41) is 0. The Morgan fingerprint density at radius 2 is 1.88 bits per heavy atom. The van der Waals surface area contributed by atoms with Gasteiger partial charge < -0.3 is 4.74 Å². The number of ketones is 2. The van der Waals surface area contributed by atoms with Gasteiger partial charge in [0.2, 0.25) is 0 Å². The highest BCUT2D eigenvalue weighted by Gasteiger charge is 2.52. The van der Waals surface area contributed by atoms with Crippen LogP contribution in [0.5, 0.6) is 0 Å². The van der Waals surface area contributed by atoms with Gasteiger partial charge in [0.25, 0.3) is 0 Å².